The average Bonchev–Trinajstić information content (AvgIpc) is 4.02. The van der Waals surface area contributed by atoms with E-state index in [1.165, 1.54) is 41.7 Å². The molecule has 10 aromatic carbocycles. The highest BCUT2D eigenvalue weighted by atomic mass is 32.1. The predicted molar refractivity (Wildman–Crippen MR) is 263 cm³/mol. The minimum Gasteiger partial charge on any atom is -0.455 e. The van der Waals surface area contributed by atoms with E-state index in [-0.39, 0.29) is 0 Å². The fourth-order valence-electron chi connectivity index (χ4n) is 9.85. The van der Waals surface area contributed by atoms with Crippen molar-refractivity contribution < 1.29 is 4.42 Å². The summed E-state index contributed by atoms with van der Waals surface area (Å²) >= 11 is 1.81. The molecule has 0 aliphatic heterocycles. The molecule has 0 N–H and O–H groups in total. The second kappa shape index (κ2) is 13.2. The van der Waals surface area contributed by atoms with Crippen molar-refractivity contribution in [1.29, 1.82) is 0 Å². The van der Waals surface area contributed by atoms with E-state index >= 15 is 0 Å². The van der Waals surface area contributed by atoms with Gasteiger partial charge in [0, 0.05) is 63.9 Å². The summed E-state index contributed by atoms with van der Waals surface area (Å²) in [7, 11) is 0. The van der Waals surface area contributed by atoms with Crippen molar-refractivity contribution in [3.63, 3.8) is 0 Å². The van der Waals surface area contributed by atoms with Crippen molar-refractivity contribution in [2.45, 2.75) is 0 Å². The summed E-state index contributed by atoms with van der Waals surface area (Å²) in [6.45, 7) is 0. The van der Waals surface area contributed by atoms with Crippen molar-refractivity contribution in [2.24, 2.45) is 0 Å². The normalized spacial score (nSPS) is 12.1. The van der Waals surface area contributed by atoms with Crippen LogP contribution in [0, 0.1) is 0 Å². The Balaban J connectivity index is 1.11. The molecule has 0 radical (unpaired) electrons. The van der Waals surface area contributed by atoms with Gasteiger partial charge in [-0.25, -0.2) is 15.0 Å². The largest absolute Gasteiger partial charge is 0.455 e. The minimum absolute atomic E-state index is 0.541. The Labute approximate surface area is 363 Å². The van der Waals surface area contributed by atoms with E-state index < -0.39 is 0 Å². The number of para-hydroxylation sites is 1. The highest BCUT2D eigenvalue weighted by molar-refractivity contribution is 7.25. The molecule has 0 amide bonds. The molecule has 0 aliphatic carbocycles. The molecule has 0 unspecified atom stereocenters. The Morgan fingerprint density at radius 2 is 1.00 bits per heavy atom. The quantitative estimate of drug-likeness (QED) is 0.177. The van der Waals surface area contributed by atoms with Crippen molar-refractivity contribution in [3.8, 4) is 39.9 Å². The fraction of sp³-hybridized carbons (Fsp3) is 0. The molecule has 0 bridgehead atoms. The Kier molecular flexibility index (Phi) is 7.21. The molecule has 0 saturated heterocycles. The van der Waals surface area contributed by atoms with Gasteiger partial charge in [-0.05, 0) is 87.6 Å². The van der Waals surface area contributed by atoms with E-state index in [1.54, 1.807) is 11.3 Å². The van der Waals surface area contributed by atoms with Gasteiger partial charge in [-0.2, -0.15) is 0 Å². The molecule has 5 nitrogen and oxygen atoms in total. The zero-order valence-corrected chi connectivity index (χ0v) is 34.4. The standard InChI is InChI=1S/C57H32N4OS/c1-2-15-36-30-50-45(28-35(36)14-1)41-19-7-9-22-49(41)61(50)38-31-47-43-26-24-34-13-4-6-18-40(34)53(43)62-54(47)48(32-38)57-59-55(37-25-27-52-46(29-37)42-20-8-10-23-51(42)63-52)58-56(60-57)44-21-11-16-33-12-3-5-17-39(33)44/h1-32H. The summed E-state index contributed by atoms with van der Waals surface area (Å²) < 4.78 is 12.0. The molecule has 0 atom stereocenters. The maximum absolute atomic E-state index is 7.10. The third-order valence-corrected chi connectivity index (χ3v) is 13.9. The van der Waals surface area contributed by atoms with Crippen molar-refractivity contribution in [2.75, 3.05) is 0 Å². The molecule has 4 heterocycles. The van der Waals surface area contributed by atoms with Gasteiger partial charge in [-0.15, -0.1) is 11.3 Å². The van der Waals surface area contributed by atoms with Gasteiger partial charge >= 0.3 is 0 Å². The maximum Gasteiger partial charge on any atom is 0.167 e. The molecule has 14 rings (SSSR count). The third-order valence-electron chi connectivity index (χ3n) is 12.8. The second-order valence-corrected chi connectivity index (χ2v) is 17.4. The number of benzene rings is 10. The van der Waals surface area contributed by atoms with Crippen molar-refractivity contribution in [3.05, 3.63) is 194 Å². The van der Waals surface area contributed by atoms with E-state index in [9.17, 15) is 0 Å². The summed E-state index contributed by atoms with van der Waals surface area (Å²) in [4.78, 5) is 16.2. The first-order chi connectivity index (χ1) is 31.2. The van der Waals surface area contributed by atoms with Gasteiger partial charge in [-0.3, -0.25) is 0 Å². The zero-order valence-electron chi connectivity index (χ0n) is 33.6. The number of aromatic nitrogens is 4. The summed E-state index contributed by atoms with van der Waals surface area (Å²) in [6, 6.07) is 69.2. The first-order valence-corrected chi connectivity index (χ1v) is 22.0. The topological polar surface area (TPSA) is 56.7 Å². The molecule has 0 fully saturated rings. The van der Waals surface area contributed by atoms with Crippen LogP contribution in [-0.2, 0) is 0 Å². The van der Waals surface area contributed by atoms with Gasteiger partial charge in [-0.1, -0.05) is 133 Å². The van der Waals surface area contributed by atoms with Crippen LogP contribution in [-0.4, -0.2) is 19.5 Å². The number of hydrogen-bond donors (Lipinski definition) is 0. The number of nitrogens with zero attached hydrogens (tertiary/aromatic N) is 4. The van der Waals surface area contributed by atoms with E-state index in [0.717, 1.165) is 76.9 Å². The van der Waals surface area contributed by atoms with Gasteiger partial charge in [0.1, 0.15) is 11.2 Å². The smallest absolute Gasteiger partial charge is 0.167 e. The Morgan fingerprint density at radius 3 is 1.86 bits per heavy atom. The molecule has 0 aliphatic rings. The summed E-state index contributed by atoms with van der Waals surface area (Å²) in [5.41, 5.74) is 7.48. The Morgan fingerprint density at radius 1 is 0.349 bits per heavy atom. The zero-order chi connectivity index (χ0) is 41.2. The van der Waals surface area contributed by atoms with Gasteiger partial charge in [0.25, 0.3) is 0 Å². The van der Waals surface area contributed by atoms with E-state index in [2.05, 4.69) is 199 Å². The summed E-state index contributed by atoms with van der Waals surface area (Å²) in [6.07, 6.45) is 0. The van der Waals surface area contributed by atoms with Crippen LogP contribution in [0.5, 0.6) is 0 Å². The van der Waals surface area contributed by atoms with E-state index in [0.29, 0.717) is 17.5 Å². The number of furan rings is 1. The Hall–Kier alpha value is -8.19. The average molecular weight is 821 g/mol. The molecular formula is C57H32N4OS. The number of thiophene rings is 1. The molecular weight excluding hydrogens is 789 g/mol. The van der Waals surface area contributed by atoms with E-state index in [4.69, 9.17) is 19.4 Å². The minimum atomic E-state index is 0.541. The lowest BCUT2D eigenvalue weighted by molar-refractivity contribution is 0.673. The van der Waals surface area contributed by atoms with E-state index in [1.807, 2.05) is 0 Å². The first kappa shape index (κ1) is 34.5. The second-order valence-electron chi connectivity index (χ2n) is 16.3. The lowest BCUT2D eigenvalue weighted by Gasteiger charge is -2.13. The number of hydrogen-bond acceptors (Lipinski definition) is 5. The van der Waals surface area contributed by atoms with Crippen LogP contribution in [0.2, 0.25) is 0 Å². The predicted octanol–water partition coefficient (Wildman–Crippen LogP) is 15.7. The number of rotatable bonds is 4. The SMILES string of the molecule is c1ccc2cc3c(cc2c1)c1ccccc1n3-c1cc(-c2nc(-c3ccc4sc5ccccc5c4c3)nc(-c3cccc4ccccc34)n2)c2oc3c4ccccc4ccc3c2c1. The van der Waals surface area contributed by atoms with Crippen LogP contribution in [0.3, 0.4) is 0 Å². The number of fused-ring (bicyclic) bond motifs is 13. The lowest BCUT2D eigenvalue weighted by atomic mass is 10.0. The van der Waals surface area contributed by atoms with Crippen molar-refractivity contribution >= 4 is 108 Å². The van der Waals surface area contributed by atoms with Crippen LogP contribution >= 0.6 is 11.3 Å². The monoisotopic (exact) mass is 820 g/mol. The molecule has 4 aromatic heterocycles. The van der Waals surface area contributed by atoms with Crippen LogP contribution in [0.25, 0.3) is 136 Å². The van der Waals surface area contributed by atoms with Gasteiger partial charge in [0.05, 0.1) is 16.6 Å². The van der Waals surface area contributed by atoms with Gasteiger partial charge < -0.3 is 8.98 Å². The highest BCUT2D eigenvalue weighted by Gasteiger charge is 2.23. The first-order valence-electron chi connectivity index (χ1n) is 21.2. The maximum atomic E-state index is 7.10. The van der Waals surface area contributed by atoms with Gasteiger partial charge in [0.15, 0.2) is 17.5 Å². The van der Waals surface area contributed by atoms with Crippen LogP contribution in [0.4, 0.5) is 0 Å². The summed E-state index contributed by atoms with van der Waals surface area (Å²) in [5.74, 6) is 1.74. The summed E-state index contributed by atoms with van der Waals surface area (Å²) in [5, 5.41) is 13.6. The van der Waals surface area contributed by atoms with Gasteiger partial charge in [0.2, 0.25) is 0 Å². The molecule has 63 heavy (non-hydrogen) atoms. The molecule has 0 spiro atoms. The van der Waals surface area contributed by atoms with Crippen LogP contribution in [0.15, 0.2) is 199 Å². The molecule has 0 saturated carbocycles. The molecule has 14 aromatic rings. The highest BCUT2D eigenvalue weighted by Crippen LogP contribution is 2.43. The van der Waals surface area contributed by atoms with Crippen LogP contribution < -0.4 is 0 Å². The fourth-order valence-corrected chi connectivity index (χ4v) is 10.9. The third kappa shape index (κ3) is 5.19. The molecule has 6 heteroatoms. The van der Waals surface area contributed by atoms with Crippen molar-refractivity contribution in [1.82, 2.24) is 19.5 Å². The molecule has 292 valence electrons. The van der Waals surface area contributed by atoms with Crippen LogP contribution in [0.1, 0.15) is 0 Å². The Bertz CT molecular complexity index is 4230. The lowest BCUT2D eigenvalue weighted by Crippen LogP contribution is -2.02.